The van der Waals surface area contributed by atoms with Crippen LogP contribution >= 0.6 is 0 Å². The third-order valence-corrected chi connectivity index (χ3v) is 7.51. The van der Waals surface area contributed by atoms with E-state index in [1.54, 1.807) is 5.57 Å². The van der Waals surface area contributed by atoms with Crippen LogP contribution in [0.1, 0.15) is 64.1 Å². The number of fused-ring (bicyclic) bond motifs is 4. The van der Waals surface area contributed by atoms with Crippen LogP contribution in [-0.4, -0.2) is 5.78 Å². The van der Waals surface area contributed by atoms with E-state index in [4.69, 9.17) is 0 Å². The van der Waals surface area contributed by atoms with E-state index in [1.807, 2.05) is 12.1 Å². The average Bonchev–Trinajstić information content (AvgIpc) is 2.86. The molecule has 0 N–H and O–H groups in total. The van der Waals surface area contributed by atoms with E-state index in [0.717, 1.165) is 36.8 Å². The first-order valence-electron chi connectivity index (χ1n) is 12.1. The summed E-state index contributed by atoms with van der Waals surface area (Å²) in [5.41, 5.74) is 13.0. The van der Waals surface area contributed by atoms with E-state index in [0.29, 0.717) is 0 Å². The van der Waals surface area contributed by atoms with Crippen molar-refractivity contribution >= 4 is 16.9 Å². The number of rotatable bonds is 3. The smallest absolute Gasteiger partial charge is 0.164 e. The van der Waals surface area contributed by atoms with E-state index in [1.165, 1.54) is 45.4 Å². The summed E-state index contributed by atoms with van der Waals surface area (Å²) in [6.45, 7) is 2.11. The number of carbonyl (C=O) groups is 1. The summed E-state index contributed by atoms with van der Waals surface area (Å²) in [5.74, 6) is 0.0920. The zero-order valence-electron chi connectivity index (χ0n) is 19.1. The van der Waals surface area contributed by atoms with Gasteiger partial charge in [0.1, 0.15) is 0 Å². The van der Waals surface area contributed by atoms with Gasteiger partial charge in [-0.15, -0.1) is 0 Å². The second-order valence-electron chi connectivity index (χ2n) is 9.58. The summed E-state index contributed by atoms with van der Waals surface area (Å²) in [6, 6.07) is 23.6. The van der Waals surface area contributed by atoms with Crippen molar-refractivity contribution in [1.29, 1.82) is 0 Å². The summed E-state index contributed by atoms with van der Waals surface area (Å²) in [4.78, 5) is 13.5. The molecule has 3 aliphatic carbocycles. The van der Waals surface area contributed by atoms with Gasteiger partial charge in [-0.3, -0.25) is 4.79 Å². The molecular formula is C32H28O. The summed E-state index contributed by atoms with van der Waals surface area (Å²) in [6.07, 6.45) is 11.8. The normalized spacial score (nSPS) is 19.0. The summed E-state index contributed by atoms with van der Waals surface area (Å²) >= 11 is 0. The van der Waals surface area contributed by atoms with Crippen molar-refractivity contribution < 1.29 is 4.79 Å². The molecule has 6 rings (SSSR count). The highest BCUT2D eigenvalue weighted by Crippen LogP contribution is 2.46. The molecule has 3 aliphatic rings. The fraction of sp³-hybridized carbons (Fsp3) is 0.219. The third-order valence-electron chi connectivity index (χ3n) is 7.51. The molecule has 0 saturated carbocycles. The molecular weight excluding hydrogens is 400 g/mol. The number of aryl methyl sites for hydroxylation is 1. The summed E-state index contributed by atoms with van der Waals surface area (Å²) in [7, 11) is 0. The second kappa shape index (κ2) is 8.15. The molecule has 33 heavy (non-hydrogen) atoms. The van der Waals surface area contributed by atoms with E-state index in [-0.39, 0.29) is 11.7 Å². The largest absolute Gasteiger partial charge is 0.294 e. The van der Waals surface area contributed by atoms with Crippen molar-refractivity contribution in [3.8, 4) is 0 Å². The minimum absolute atomic E-state index is 0.126. The van der Waals surface area contributed by atoms with E-state index in [2.05, 4.69) is 79.7 Å². The first-order valence-corrected chi connectivity index (χ1v) is 12.1. The topological polar surface area (TPSA) is 17.1 Å². The van der Waals surface area contributed by atoms with Gasteiger partial charge in [-0.25, -0.2) is 0 Å². The van der Waals surface area contributed by atoms with Crippen molar-refractivity contribution in [2.24, 2.45) is 0 Å². The van der Waals surface area contributed by atoms with Crippen molar-refractivity contribution in [2.75, 3.05) is 0 Å². The van der Waals surface area contributed by atoms with Gasteiger partial charge >= 0.3 is 0 Å². The van der Waals surface area contributed by atoms with Gasteiger partial charge in [0.2, 0.25) is 0 Å². The Bertz CT molecular complexity index is 1330. The third kappa shape index (κ3) is 3.53. The van der Waals surface area contributed by atoms with Gasteiger partial charge in [-0.05, 0) is 89.6 Å². The molecule has 1 nitrogen and oxygen atoms in total. The van der Waals surface area contributed by atoms with E-state index < -0.39 is 0 Å². The van der Waals surface area contributed by atoms with Crippen LogP contribution in [0.25, 0.3) is 11.1 Å². The molecule has 0 amide bonds. The number of benzene rings is 3. The Hall–Kier alpha value is -3.45. The van der Waals surface area contributed by atoms with Crippen LogP contribution in [0, 0.1) is 6.92 Å². The van der Waals surface area contributed by atoms with Crippen LogP contribution in [0.5, 0.6) is 0 Å². The van der Waals surface area contributed by atoms with Gasteiger partial charge in [0.15, 0.2) is 5.78 Å². The quantitative estimate of drug-likeness (QED) is 0.425. The highest BCUT2D eigenvalue weighted by Gasteiger charge is 2.33. The molecule has 0 bridgehead atoms. The second-order valence-corrected chi connectivity index (χ2v) is 9.58. The minimum Gasteiger partial charge on any atom is -0.294 e. The van der Waals surface area contributed by atoms with Crippen LogP contribution in [0.4, 0.5) is 0 Å². The highest BCUT2D eigenvalue weighted by atomic mass is 16.1. The average molecular weight is 429 g/mol. The molecule has 0 aromatic heterocycles. The molecule has 162 valence electrons. The fourth-order valence-corrected chi connectivity index (χ4v) is 5.80. The maximum absolute atomic E-state index is 13.5. The predicted octanol–water partition coefficient (Wildman–Crippen LogP) is 7.39. The van der Waals surface area contributed by atoms with Crippen molar-refractivity contribution in [1.82, 2.24) is 0 Å². The molecule has 1 unspecified atom stereocenters. The van der Waals surface area contributed by atoms with Crippen molar-refractivity contribution in [3.63, 3.8) is 0 Å². The maximum atomic E-state index is 13.5. The van der Waals surface area contributed by atoms with Gasteiger partial charge in [-0.1, -0.05) is 90.0 Å². The van der Waals surface area contributed by atoms with Crippen molar-refractivity contribution in [2.45, 2.75) is 44.9 Å². The Morgan fingerprint density at radius 3 is 2.52 bits per heavy atom. The standard InChI is InChI=1S/C32H28O/c1-21-11-13-24(14-12-21)29-20-31(33)30(19-22-7-3-2-4-8-22)28-18-17-26-25-10-6-5-9-23(25)15-16-27(26)32(28)29/h2-4,6-8,10-14,17-18,20,30H,5,9,15-16,19H2,1H3. The molecule has 0 saturated heterocycles. The molecule has 1 heteroatoms. The van der Waals surface area contributed by atoms with Crippen LogP contribution in [0.15, 0.2) is 90.5 Å². The molecule has 3 aromatic carbocycles. The molecule has 1 atom stereocenters. The number of hydrogen-bond donors (Lipinski definition) is 0. The lowest BCUT2D eigenvalue weighted by atomic mass is 9.71. The first kappa shape index (κ1) is 20.2. The number of carbonyl (C=O) groups excluding carboxylic acids is 1. The van der Waals surface area contributed by atoms with Crippen molar-refractivity contribution in [3.05, 3.63) is 129 Å². The van der Waals surface area contributed by atoms with Gasteiger partial charge in [0.05, 0.1) is 5.92 Å². The Balaban J connectivity index is 1.55. The van der Waals surface area contributed by atoms with Crippen LogP contribution < -0.4 is 0 Å². The lowest BCUT2D eigenvalue weighted by Gasteiger charge is -2.32. The molecule has 0 aliphatic heterocycles. The Morgan fingerprint density at radius 2 is 1.70 bits per heavy atom. The highest BCUT2D eigenvalue weighted by molar-refractivity contribution is 6.09. The predicted molar refractivity (Wildman–Crippen MR) is 136 cm³/mol. The number of ketones is 1. The van der Waals surface area contributed by atoms with Crippen LogP contribution in [-0.2, 0) is 17.6 Å². The van der Waals surface area contributed by atoms with E-state index in [9.17, 15) is 4.79 Å². The SMILES string of the molecule is Cc1ccc(C2=CC(=O)C(Cc3ccccc3)c3ccc4c(c32)CCC2=C4C=CCC2)cc1. The van der Waals surface area contributed by atoms with Gasteiger partial charge < -0.3 is 0 Å². The first-order chi connectivity index (χ1) is 16.2. The Labute approximate surface area is 196 Å². The van der Waals surface area contributed by atoms with Gasteiger partial charge in [0.25, 0.3) is 0 Å². The molecule has 0 radical (unpaired) electrons. The van der Waals surface area contributed by atoms with E-state index >= 15 is 0 Å². The Morgan fingerprint density at radius 1 is 0.879 bits per heavy atom. The Kier molecular flexibility index (Phi) is 4.99. The number of hydrogen-bond acceptors (Lipinski definition) is 1. The number of allylic oxidation sites excluding steroid dienone is 5. The summed E-state index contributed by atoms with van der Waals surface area (Å²) < 4.78 is 0. The zero-order chi connectivity index (χ0) is 22.4. The monoisotopic (exact) mass is 428 g/mol. The zero-order valence-corrected chi connectivity index (χ0v) is 19.1. The van der Waals surface area contributed by atoms with Gasteiger partial charge in [0, 0.05) is 0 Å². The molecule has 0 spiro atoms. The summed E-state index contributed by atoms with van der Waals surface area (Å²) in [5, 5.41) is 0. The maximum Gasteiger partial charge on any atom is 0.164 e. The molecule has 0 fully saturated rings. The van der Waals surface area contributed by atoms with Gasteiger partial charge in [-0.2, -0.15) is 0 Å². The fourth-order valence-electron chi connectivity index (χ4n) is 5.80. The lowest BCUT2D eigenvalue weighted by molar-refractivity contribution is -0.116. The lowest BCUT2D eigenvalue weighted by Crippen LogP contribution is -2.22. The van der Waals surface area contributed by atoms with Crippen LogP contribution in [0.2, 0.25) is 0 Å². The van der Waals surface area contributed by atoms with Crippen LogP contribution in [0.3, 0.4) is 0 Å². The molecule has 0 heterocycles. The molecule has 3 aromatic rings. The minimum atomic E-state index is -0.126.